The largest absolute Gasteiger partial charge is 0.508 e. The van der Waals surface area contributed by atoms with Crippen LogP contribution in [0.3, 0.4) is 0 Å². The molecule has 0 aliphatic heterocycles. The lowest BCUT2D eigenvalue weighted by Crippen LogP contribution is -2.13. The maximum absolute atomic E-state index is 12.5. The predicted molar refractivity (Wildman–Crippen MR) is 119 cm³/mol. The lowest BCUT2D eigenvalue weighted by atomic mass is 9.87. The van der Waals surface area contributed by atoms with E-state index in [-0.39, 0.29) is 29.3 Å². The maximum atomic E-state index is 12.5. The molecule has 31 heavy (non-hydrogen) atoms. The Hall–Kier alpha value is -3.41. The van der Waals surface area contributed by atoms with Gasteiger partial charge in [-0.05, 0) is 55.2 Å². The van der Waals surface area contributed by atoms with E-state index in [0.29, 0.717) is 34.7 Å². The first-order valence-corrected chi connectivity index (χ1v) is 10.1. The van der Waals surface area contributed by atoms with Gasteiger partial charge in [-0.1, -0.05) is 20.8 Å². The molecule has 0 atom stereocenters. The topological polar surface area (TPSA) is 92.5 Å². The first kappa shape index (κ1) is 22.3. The number of aromatic hydroxyl groups is 2. The quantitative estimate of drug-likeness (QED) is 0.521. The molecule has 0 radical (unpaired) electrons. The van der Waals surface area contributed by atoms with Crippen LogP contribution in [0, 0.1) is 19.3 Å². The molecule has 6 heteroatoms. The monoisotopic (exact) mass is 420 g/mol. The van der Waals surface area contributed by atoms with Crippen molar-refractivity contribution in [3.05, 3.63) is 65.1 Å². The van der Waals surface area contributed by atoms with Crippen molar-refractivity contribution in [1.82, 2.24) is 9.97 Å². The second-order valence-electron chi connectivity index (χ2n) is 8.93. The SMILES string of the molecule is Cc1cc(O)ccc1-c1cnc(COc2ccc(C(=O)CC(C)(C)C)c(O)c2C)cn1. The number of nitrogens with zero attached hydrogens (tertiary/aromatic N) is 2. The first-order chi connectivity index (χ1) is 14.5. The van der Waals surface area contributed by atoms with Gasteiger partial charge in [-0.25, -0.2) is 0 Å². The number of phenolic OH excluding ortho intramolecular Hbond substituents is 2. The zero-order valence-electron chi connectivity index (χ0n) is 18.6. The van der Waals surface area contributed by atoms with Gasteiger partial charge in [0.25, 0.3) is 0 Å². The maximum Gasteiger partial charge on any atom is 0.167 e. The Morgan fingerprint density at radius 1 is 1.03 bits per heavy atom. The van der Waals surface area contributed by atoms with Crippen molar-refractivity contribution in [1.29, 1.82) is 0 Å². The van der Waals surface area contributed by atoms with Crippen LogP contribution in [0.2, 0.25) is 0 Å². The molecule has 0 fully saturated rings. The molecule has 0 aliphatic rings. The molecule has 1 aromatic heterocycles. The summed E-state index contributed by atoms with van der Waals surface area (Å²) in [6.07, 6.45) is 3.65. The molecule has 0 saturated carbocycles. The molecule has 0 aliphatic carbocycles. The predicted octanol–water partition coefficient (Wildman–Crippen LogP) is 5.37. The van der Waals surface area contributed by atoms with Gasteiger partial charge >= 0.3 is 0 Å². The molecular formula is C25H28N2O4. The Labute approximate surface area is 182 Å². The van der Waals surface area contributed by atoms with Crippen molar-refractivity contribution in [2.24, 2.45) is 5.41 Å². The summed E-state index contributed by atoms with van der Waals surface area (Å²) in [5, 5.41) is 20.1. The number of Topliss-reactive ketones (excluding diaryl/α,β-unsaturated/α-hetero) is 1. The van der Waals surface area contributed by atoms with Gasteiger partial charge in [0.15, 0.2) is 5.78 Å². The number of carbonyl (C=O) groups is 1. The number of hydrogen-bond donors (Lipinski definition) is 2. The average molecular weight is 421 g/mol. The zero-order chi connectivity index (χ0) is 22.8. The molecule has 0 saturated heterocycles. The van der Waals surface area contributed by atoms with Crippen molar-refractivity contribution < 1.29 is 19.7 Å². The van der Waals surface area contributed by atoms with E-state index >= 15 is 0 Å². The van der Waals surface area contributed by atoms with E-state index in [2.05, 4.69) is 9.97 Å². The first-order valence-electron chi connectivity index (χ1n) is 10.1. The van der Waals surface area contributed by atoms with Crippen molar-refractivity contribution in [3.8, 4) is 28.5 Å². The highest BCUT2D eigenvalue weighted by Gasteiger charge is 2.21. The van der Waals surface area contributed by atoms with Gasteiger partial charge in [0.1, 0.15) is 23.9 Å². The van der Waals surface area contributed by atoms with E-state index in [0.717, 1.165) is 11.1 Å². The summed E-state index contributed by atoms with van der Waals surface area (Å²) in [6, 6.07) is 8.41. The minimum Gasteiger partial charge on any atom is -0.508 e. The third-order valence-corrected chi connectivity index (χ3v) is 4.94. The van der Waals surface area contributed by atoms with Gasteiger partial charge in [0.2, 0.25) is 0 Å². The third-order valence-electron chi connectivity index (χ3n) is 4.94. The van der Waals surface area contributed by atoms with Gasteiger partial charge in [-0.2, -0.15) is 0 Å². The highest BCUT2D eigenvalue weighted by Crippen LogP contribution is 2.33. The van der Waals surface area contributed by atoms with E-state index in [1.165, 1.54) is 0 Å². The van der Waals surface area contributed by atoms with E-state index < -0.39 is 0 Å². The van der Waals surface area contributed by atoms with Crippen LogP contribution in [0.4, 0.5) is 0 Å². The number of aromatic nitrogens is 2. The lowest BCUT2D eigenvalue weighted by Gasteiger charge is -2.18. The van der Waals surface area contributed by atoms with Crippen LogP contribution in [-0.2, 0) is 6.61 Å². The Balaban J connectivity index is 1.71. The fraction of sp³-hybridized carbons (Fsp3) is 0.320. The van der Waals surface area contributed by atoms with Crippen LogP contribution in [-0.4, -0.2) is 26.0 Å². The van der Waals surface area contributed by atoms with E-state index in [4.69, 9.17) is 4.74 Å². The lowest BCUT2D eigenvalue weighted by molar-refractivity contribution is 0.0937. The van der Waals surface area contributed by atoms with Crippen molar-refractivity contribution in [3.63, 3.8) is 0 Å². The van der Waals surface area contributed by atoms with Gasteiger partial charge in [0.05, 0.1) is 29.3 Å². The highest BCUT2D eigenvalue weighted by molar-refractivity contribution is 5.99. The number of phenols is 2. The fourth-order valence-corrected chi connectivity index (χ4v) is 3.30. The van der Waals surface area contributed by atoms with Crippen LogP contribution in [0.25, 0.3) is 11.3 Å². The molecule has 0 amide bonds. The summed E-state index contributed by atoms with van der Waals surface area (Å²) in [6.45, 7) is 9.77. The molecule has 1 heterocycles. The van der Waals surface area contributed by atoms with E-state index in [9.17, 15) is 15.0 Å². The van der Waals surface area contributed by atoms with Gasteiger partial charge in [-0.15, -0.1) is 0 Å². The summed E-state index contributed by atoms with van der Waals surface area (Å²) in [5.74, 6) is 0.565. The van der Waals surface area contributed by atoms with Gasteiger partial charge in [0, 0.05) is 17.5 Å². The molecule has 2 aromatic carbocycles. The minimum absolute atomic E-state index is 0.0454. The summed E-state index contributed by atoms with van der Waals surface area (Å²) < 4.78 is 5.82. The Morgan fingerprint density at radius 3 is 2.39 bits per heavy atom. The molecule has 6 nitrogen and oxygen atoms in total. The number of aryl methyl sites for hydroxylation is 1. The van der Waals surface area contributed by atoms with Crippen molar-refractivity contribution >= 4 is 5.78 Å². The number of carbonyl (C=O) groups excluding carboxylic acids is 1. The smallest absolute Gasteiger partial charge is 0.167 e. The summed E-state index contributed by atoms with van der Waals surface area (Å²) in [7, 11) is 0. The molecule has 0 spiro atoms. The normalized spacial score (nSPS) is 11.4. The third kappa shape index (κ3) is 5.40. The number of hydrogen-bond acceptors (Lipinski definition) is 6. The molecule has 2 N–H and O–H groups in total. The van der Waals surface area contributed by atoms with Crippen LogP contribution in [0.5, 0.6) is 17.2 Å². The fourth-order valence-electron chi connectivity index (χ4n) is 3.30. The minimum atomic E-state index is -0.157. The summed E-state index contributed by atoms with van der Waals surface area (Å²) in [5.41, 5.74) is 3.82. The molecule has 3 aromatic rings. The van der Waals surface area contributed by atoms with Crippen molar-refractivity contribution in [2.75, 3.05) is 0 Å². The summed E-state index contributed by atoms with van der Waals surface area (Å²) >= 11 is 0. The van der Waals surface area contributed by atoms with Crippen LogP contribution < -0.4 is 4.74 Å². The number of benzene rings is 2. The standard InChI is InChI=1S/C25H28N2O4/c1-15-10-18(28)6-7-19(15)21-13-26-17(12-27-21)14-31-23-9-8-20(24(30)16(23)2)22(29)11-25(3,4)5/h6-10,12-13,28,30H,11,14H2,1-5H3. The van der Waals surface area contributed by atoms with Gasteiger partial charge in [-0.3, -0.25) is 14.8 Å². The number of ketones is 1. The summed E-state index contributed by atoms with van der Waals surface area (Å²) in [4.78, 5) is 21.3. The zero-order valence-corrected chi connectivity index (χ0v) is 18.6. The Kier molecular flexibility index (Phi) is 6.29. The van der Waals surface area contributed by atoms with E-state index in [1.807, 2.05) is 27.7 Å². The van der Waals surface area contributed by atoms with Crippen molar-refractivity contribution in [2.45, 2.75) is 47.6 Å². The average Bonchev–Trinajstić information content (AvgIpc) is 2.68. The van der Waals surface area contributed by atoms with Crippen LogP contribution in [0.15, 0.2) is 42.7 Å². The van der Waals surface area contributed by atoms with Crippen LogP contribution in [0.1, 0.15) is 54.4 Å². The second-order valence-corrected chi connectivity index (χ2v) is 8.93. The van der Waals surface area contributed by atoms with Gasteiger partial charge < -0.3 is 14.9 Å². The Morgan fingerprint density at radius 2 is 1.77 bits per heavy atom. The Bertz CT molecular complexity index is 1100. The molecule has 0 bridgehead atoms. The molecule has 162 valence electrons. The number of rotatable bonds is 6. The molecule has 3 rings (SSSR count). The second kappa shape index (κ2) is 8.76. The molecular weight excluding hydrogens is 392 g/mol. The molecule has 0 unspecified atom stereocenters. The highest BCUT2D eigenvalue weighted by atomic mass is 16.5. The van der Waals surface area contributed by atoms with E-state index in [1.54, 1.807) is 49.6 Å². The van der Waals surface area contributed by atoms with Crippen LogP contribution >= 0.6 is 0 Å². The number of ether oxygens (including phenoxy) is 1.